The van der Waals surface area contributed by atoms with Crippen molar-refractivity contribution in [1.82, 2.24) is 0 Å². The van der Waals surface area contributed by atoms with Gasteiger partial charge in [-0.1, -0.05) is 118 Å². The molecule has 0 heterocycles. The van der Waals surface area contributed by atoms with E-state index < -0.39 is 11.4 Å². The van der Waals surface area contributed by atoms with E-state index >= 15 is 0 Å². The van der Waals surface area contributed by atoms with Crippen LogP contribution in [0.15, 0.2) is 97.1 Å². The molecule has 0 unspecified atom stereocenters. The molecule has 0 aromatic heterocycles. The Morgan fingerprint density at radius 3 is 1.31 bits per heavy atom. The van der Waals surface area contributed by atoms with E-state index in [1.807, 2.05) is 0 Å². The number of carboxylic acids is 1. The van der Waals surface area contributed by atoms with Crippen LogP contribution < -0.4 is 0 Å². The summed E-state index contributed by atoms with van der Waals surface area (Å²) in [5.74, 6) is -0.746. The van der Waals surface area contributed by atoms with Crippen LogP contribution in [0, 0.1) is 5.41 Å². The van der Waals surface area contributed by atoms with Crippen molar-refractivity contribution in [2.75, 3.05) is 0 Å². The smallest absolute Gasteiger partial charge is 0.303 e. The third-order valence-corrected chi connectivity index (χ3v) is 9.51. The first-order valence-electron chi connectivity index (χ1n) is 13.0. The first-order chi connectivity index (χ1) is 17.4. The monoisotopic (exact) mass is 472 g/mol. The molecule has 0 spiro atoms. The van der Waals surface area contributed by atoms with E-state index in [1.54, 1.807) is 0 Å². The van der Waals surface area contributed by atoms with Crippen LogP contribution in [0.5, 0.6) is 0 Å². The van der Waals surface area contributed by atoms with Gasteiger partial charge in [-0.3, -0.25) is 4.79 Å². The van der Waals surface area contributed by atoms with Gasteiger partial charge in [-0.15, -0.1) is 0 Å². The number of carboxylic acid groups (broad SMARTS) is 1. The summed E-state index contributed by atoms with van der Waals surface area (Å²) in [6, 6.07) is 35.0. The molecule has 0 fully saturated rings. The number of hydrogen-bond acceptors (Lipinski definition) is 1. The number of rotatable bonds is 6. The predicted molar refractivity (Wildman–Crippen MR) is 146 cm³/mol. The average molecular weight is 473 g/mol. The summed E-state index contributed by atoms with van der Waals surface area (Å²) in [5.41, 5.74) is 9.18. The molecule has 2 aliphatic carbocycles. The van der Waals surface area contributed by atoms with Gasteiger partial charge in [-0.05, 0) is 62.8 Å². The zero-order chi connectivity index (χ0) is 25.1. The molecule has 0 aliphatic heterocycles. The predicted octanol–water partition coefficient (Wildman–Crippen LogP) is 8.22. The summed E-state index contributed by atoms with van der Waals surface area (Å²) >= 11 is 0. The number of hydrogen-bond donors (Lipinski definition) is 1. The number of benzene rings is 4. The highest BCUT2D eigenvalue weighted by Crippen LogP contribution is 2.69. The highest BCUT2D eigenvalue weighted by atomic mass is 16.4. The largest absolute Gasteiger partial charge is 0.481 e. The van der Waals surface area contributed by atoms with Crippen molar-refractivity contribution >= 4 is 5.97 Å². The quantitative estimate of drug-likeness (QED) is 0.307. The maximum atomic E-state index is 12.1. The SMILES string of the molecule is CCC1(C(C)(C)C2(CCC(=O)O)c3ccccc3-c3ccccc32)c2ccccc2-c2ccccc21. The van der Waals surface area contributed by atoms with Gasteiger partial charge in [0.2, 0.25) is 0 Å². The van der Waals surface area contributed by atoms with Gasteiger partial charge in [0.1, 0.15) is 0 Å². The Morgan fingerprint density at radius 2 is 0.972 bits per heavy atom. The van der Waals surface area contributed by atoms with Crippen molar-refractivity contribution in [3.05, 3.63) is 119 Å². The van der Waals surface area contributed by atoms with Gasteiger partial charge in [0, 0.05) is 17.3 Å². The van der Waals surface area contributed by atoms with E-state index in [9.17, 15) is 9.90 Å². The summed E-state index contributed by atoms with van der Waals surface area (Å²) in [5, 5.41) is 9.95. The molecule has 2 nitrogen and oxygen atoms in total. The molecule has 4 aromatic rings. The summed E-state index contributed by atoms with van der Waals surface area (Å²) < 4.78 is 0. The van der Waals surface area contributed by atoms with Gasteiger partial charge < -0.3 is 5.11 Å². The van der Waals surface area contributed by atoms with Gasteiger partial charge in [0.05, 0.1) is 0 Å². The fourth-order valence-electron chi connectivity index (χ4n) is 8.06. The lowest BCUT2D eigenvalue weighted by atomic mass is 9.45. The van der Waals surface area contributed by atoms with Crippen LogP contribution >= 0.6 is 0 Å². The summed E-state index contributed by atoms with van der Waals surface area (Å²) in [4.78, 5) is 12.1. The summed E-state index contributed by atoms with van der Waals surface area (Å²) in [6.07, 6.45) is 1.60. The Labute approximate surface area is 213 Å². The zero-order valence-electron chi connectivity index (χ0n) is 21.2. The minimum absolute atomic E-state index is 0.120. The van der Waals surface area contributed by atoms with Gasteiger partial charge >= 0.3 is 5.97 Å². The van der Waals surface area contributed by atoms with Crippen LogP contribution in [-0.4, -0.2) is 11.1 Å². The summed E-state index contributed by atoms with van der Waals surface area (Å²) in [6.45, 7) is 7.10. The molecule has 0 radical (unpaired) electrons. The molecule has 0 bridgehead atoms. The fraction of sp³-hybridized carbons (Fsp3) is 0.265. The Morgan fingerprint density at radius 1 is 0.639 bits per heavy atom. The Balaban J connectivity index is 1.74. The van der Waals surface area contributed by atoms with Crippen LogP contribution in [-0.2, 0) is 15.6 Å². The van der Waals surface area contributed by atoms with Crippen LogP contribution in [0.4, 0.5) is 0 Å². The van der Waals surface area contributed by atoms with Crippen molar-refractivity contribution in [1.29, 1.82) is 0 Å². The van der Waals surface area contributed by atoms with Crippen molar-refractivity contribution in [3.63, 3.8) is 0 Å². The third-order valence-electron chi connectivity index (χ3n) is 9.51. The maximum absolute atomic E-state index is 12.1. The second-order valence-electron chi connectivity index (χ2n) is 10.9. The van der Waals surface area contributed by atoms with E-state index in [-0.39, 0.29) is 17.3 Å². The Kier molecular flexibility index (Phi) is 5.02. The van der Waals surface area contributed by atoms with Crippen molar-refractivity contribution < 1.29 is 9.90 Å². The molecular formula is C34H32O2. The maximum Gasteiger partial charge on any atom is 0.303 e. The van der Waals surface area contributed by atoms with Crippen molar-refractivity contribution in [2.45, 2.75) is 50.9 Å². The zero-order valence-corrected chi connectivity index (χ0v) is 21.2. The van der Waals surface area contributed by atoms with E-state index in [0.29, 0.717) is 6.42 Å². The van der Waals surface area contributed by atoms with Crippen LogP contribution in [0.25, 0.3) is 22.3 Å². The Bertz CT molecular complexity index is 1400. The second-order valence-corrected chi connectivity index (χ2v) is 10.9. The van der Waals surface area contributed by atoms with E-state index in [1.165, 1.54) is 44.5 Å². The molecule has 0 saturated heterocycles. The summed E-state index contributed by atoms with van der Waals surface area (Å²) in [7, 11) is 0. The molecule has 2 aliphatic rings. The first-order valence-corrected chi connectivity index (χ1v) is 13.0. The van der Waals surface area contributed by atoms with Crippen LogP contribution in [0.2, 0.25) is 0 Å². The van der Waals surface area contributed by atoms with Gasteiger partial charge in [-0.2, -0.15) is 0 Å². The van der Waals surface area contributed by atoms with Gasteiger partial charge in [-0.25, -0.2) is 0 Å². The fourth-order valence-corrected chi connectivity index (χ4v) is 8.06. The molecule has 6 rings (SSSR count). The number of carbonyl (C=O) groups is 1. The van der Waals surface area contributed by atoms with Crippen LogP contribution in [0.1, 0.15) is 62.3 Å². The normalized spacial score (nSPS) is 16.1. The van der Waals surface area contributed by atoms with Crippen molar-refractivity contribution in [3.8, 4) is 22.3 Å². The standard InChI is InChI=1S/C34H32O2/c1-4-33(27-17-9-5-13-23(27)24-14-6-10-18-28(24)33)32(2,3)34(22-21-31(35)36)29-19-11-7-15-25(29)26-16-8-12-20-30(26)34/h5-20H,4,21-22H2,1-3H3,(H,35,36). The average Bonchev–Trinajstić information content (AvgIpc) is 3.37. The number of aliphatic carboxylic acids is 1. The molecule has 180 valence electrons. The number of fused-ring (bicyclic) bond motifs is 6. The molecule has 4 aromatic carbocycles. The first kappa shape index (κ1) is 22.8. The molecule has 2 heteroatoms. The minimum atomic E-state index is -0.746. The highest BCUT2D eigenvalue weighted by Gasteiger charge is 2.63. The highest BCUT2D eigenvalue weighted by molar-refractivity contribution is 5.85. The Hall–Kier alpha value is -3.65. The second kappa shape index (κ2) is 7.93. The molecule has 36 heavy (non-hydrogen) atoms. The van der Waals surface area contributed by atoms with E-state index in [4.69, 9.17) is 0 Å². The van der Waals surface area contributed by atoms with Crippen molar-refractivity contribution in [2.24, 2.45) is 5.41 Å². The third kappa shape index (κ3) is 2.65. The van der Waals surface area contributed by atoms with Gasteiger partial charge in [0.15, 0.2) is 0 Å². The lowest BCUT2D eigenvalue weighted by molar-refractivity contribution is -0.137. The van der Waals surface area contributed by atoms with E-state index in [0.717, 1.165) is 6.42 Å². The molecular weight excluding hydrogens is 440 g/mol. The molecule has 0 amide bonds. The minimum Gasteiger partial charge on any atom is -0.481 e. The molecule has 0 atom stereocenters. The lowest BCUT2D eigenvalue weighted by Crippen LogP contribution is -2.55. The molecule has 0 saturated carbocycles. The lowest BCUT2D eigenvalue weighted by Gasteiger charge is -2.57. The van der Waals surface area contributed by atoms with E-state index in [2.05, 4.69) is 118 Å². The van der Waals surface area contributed by atoms with Crippen LogP contribution in [0.3, 0.4) is 0 Å². The topological polar surface area (TPSA) is 37.3 Å². The molecule has 1 N–H and O–H groups in total. The van der Waals surface area contributed by atoms with Gasteiger partial charge in [0.25, 0.3) is 0 Å².